The van der Waals surface area contributed by atoms with Crippen molar-refractivity contribution in [3.8, 4) is 0 Å². The van der Waals surface area contributed by atoms with Gasteiger partial charge in [0.1, 0.15) is 0 Å². The van der Waals surface area contributed by atoms with E-state index in [4.69, 9.17) is 0 Å². The molecule has 0 aliphatic carbocycles. The Bertz CT molecular complexity index is 149. The van der Waals surface area contributed by atoms with Crippen LogP contribution in [-0.4, -0.2) is 28.7 Å². The molecule has 3 heteroatoms. The number of hydrogen-bond acceptors (Lipinski definition) is 1. The maximum atomic E-state index is 11.3. The van der Waals surface area contributed by atoms with Crippen molar-refractivity contribution in [2.24, 2.45) is 0 Å². The molecule has 0 aromatic heterocycles. The molecule has 1 unspecified atom stereocenters. The Kier molecular flexibility index (Phi) is 3.37. The van der Waals surface area contributed by atoms with Crippen LogP contribution >= 0.6 is 15.9 Å². The fourth-order valence-electron chi connectivity index (χ4n) is 1.67. The fourth-order valence-corrected chi connectivity index (χ4v) is 1.99. The van der Waals surface area contributed by atoms with E-state index in [9.17, 15) is 4.79 Å². The lowest BCUT2D eigenvalue weighted by atomic mass is 10.2. The van der Waals surface area contributed by atoms with E-state index >= 15 is 0 Å². The number of halogens is 1. The van der Waals surface area contributed by atoms with Crippen molar-refractivity contribution in [1.82, 2.24) is 4.90 Å². The van der Waals surface area contributed by atoms with Gasteiger partial charge in [0, 0.05) is 12.6 Å². The molecule has 1 rings (SSSR count). The van der Waals surface area contributed by atoms with Gasteiger partial charge in [-0.1, -0.05) is 22.9 Å². The summed E-state index contributed by atoms with van der Waals surface area (Å²) in [5.74, 6) is 0.245. The van der Waals surface area contributed by atoms with Crippen LogP contribution in [0.4, 0.5) is 0 Å². The molecular formula is C8H14BrNO. The minimum absolute atomic E-state index is 0.245. The molecule has 1 atom stereocenters. The van der Waals surface area contributed by atoms with Gasteiger partial charge in [-0.25, -0.2) is 0 Å². The molecule has 0 spiro atoms. The van der Waals surface area contributed by atoms with E-state index in [0.717, 1.165) is 13.0 Å². The standard InChI is InChI=1S/C8H14BrNO/c1-2-7-4-3-5-10(7)8(11)6-9/h7H,2-6H2,1H3. The third-order valence-corrected chi connectivity index (χ3v) is 2.76. The van der Waals surface area contributed by atoms with Crippen LogP contribution in [0.1, 0.15) is 26.2 Å². The third-order valence-electron chi connectivity index (χ3n) is 2.28. The lowest BCUT2D eigenvalue weighted by Crippen LogP contribution is -2.35. The van der Waals surface area contributed by atoms with Gasteiger partial charge in [-0.05, 0) is 19.3 Å². The summed E-state index contributed by atoms with van der Waals surface area (Å²) >= 11 is 3.19. The Morgan fingerprint density at radius 3 is 3.00 bits per heavy atom. The maximum Gasteiger partial charge on any atom is 0.233 e. The van der Waals surface area contributed by atoms with Crippen molar-refractivity contribution in [1.29, 1.82) is 0 Å². The number of carbonyl (C=O) groups is 1. The van der Waals surface area contributed by atoms with Crippen LogP contribution < -0.4 is 0 Å². The molecule has 0 saturated carbocycles. The van der Waals surface area contributed by atoms with Crippen LogP contribution in [-0.2, 0) is 4.79 Å². The van der Waals surface area contributed by atoms with Gasteiger partial charge < -0.3 is 4.90 Å². The lowest BCUT2D eigenvalue weighted by Gasteiger charge is -2.22. The van der Waals surface area contributed by atoms with Gasteiger partial charge in [0.15, 0.2) is 0 Å². The van der Waals surface area contributed by atoms with Crippen LogP contribution in [0.25, 0.3) is 0 Å². The lowest BCUT2D eigenvalue weighted by molar-refractivity contribution is -0.129. The van der Waals surface area contributed by atoms with Crippen LogP contribution in [0, 0.1) is 0 Å². The first-order valence-corrected chi connectivity index (χ1v) is 5.27. The SMILES string of the molecule is CCC1CCCN1C(=O)CBr. The minimum atomic E-state index is 0.245. The predicted molar refractivity (Wildman–Crippen MR) is 48.8 cm³/mol. The first kappa shape index (κ1) is 9.04. The molecule has 1 aliphatic rings. The molecule has 2 nitrogen and oxygen atoms in total. The van der Waals surface area contributed by atoms with E-state index in [1.54, 1.807) is 0 Å². The second-order valence-corrected chi connectivity index (χ2v) is 3.49. The molecule has 0 radical (unpaired) electrons. The summed E-state index contributed by atoms with van der Waals surface area (Å²) in [5, 5.41) is 0.476. The summed E-state index contributed by atoms with van der Waals surface area (Å²) in [5.41, 5.74) is 0. The van der Waals surface area contributed by atoms with Crippen LogP contribution in [0.15, 0.2) is 0 Å². The van der Waals surface area contributed by atoms with Gasteiger partial charge in [0.2, 0.25) is 5.91 Å². The molecule has 1 amide bonds. The number of carbonyl (C=O) groups excluding carboxylic acids is 1. The summed E-state index contributed by atoms with van der Waals surface area (Å²) in [7, 11) is 0. The fraction of sp³-hybridized carbons (Fsp3) is 0.875. The summed E-state index contributed by atoms with van der Waals surface area (Å²) in [6.45, 7) is 3.10. The average molecular weight is 220 g/mol. The highest BCUT2D eigenvalue weighted by Gasteiger charge is 2.25. The van der Waals surface area contributed by atoms with E-state index in [0.29, 0.717) is 11.4 Å². The van der Waals surface area contributed by atoms with Gasteiger partial charge in [-0.2, -0.15) is 0 Å². The molecule has 0 aromatic rings. The van der Waals surface area contributed by atoms with Gasteiger partial charge in [0.25, 0.3) is 0 Å². The van der Waals surface area contributed by atoms with E-state index in [1.165, 1.54) is 12.8 Å². The van der Waals surface area contributed by atoms with Gasteiger partial charge >= 0.3 is 0 Å². The molecule has 1 fully saturated rings. The van der Waals surface area contributed by atoms with Gasteiger partial charge in [0.05, 0.1) is 5.33 Å². The Morgan fingerprint density at radius 2 is 2.45 bits per heavy atom. The smallest absolute Gasteiger partial charge is 0.233 e. The van der Waals surface area contributed by atoms with E-state index in [1.807, 2.05) is 4.90 Å². The molecular weight excluding hydrogens is 206 g/mol. The summed E-state index contributed by atoms with van der Waals surface area (Å²) in [6.07, 6.45) is 3.46. The van der Waals surface area contributed by atoms with Crippen molar-refractivity contribution in [2.75, 3.05) is 11.9 Å². The predicted octanol–water partition coefficient (Wildman–Crippen LogP) is 1.78. The molecule has 11 heavy (non-hydrogen) atoms. The molecule has 0 N–H and O–H groups in total. The van der Waals surface area contributed by atoms with Crippen LogP contribution in [0.3, 0.4) is 0 Å². The van der Waals surface area contributed by atoms with E-state index in [-0.39, 0.29) is 5.91 Å². The summed E-state index contributed by atoms with van der Waals surface area (Å²) in [6, 6.07) is 0.514. The van der Waals surface area contributed by atoms with Gasteiger partial charge in [-0.15, -0.1) is 0 Å². The van der Waals surface area contributed by atoms with Crippen molar-refractivity contribution in [3.63, 3.8) is 0 Å². The third kappa shape index (κ3) is 1.95. The van der Waals surface area contributed by atoms with Crippen molar-refractivity contribution in [2.45, 2.75) is 32.2 Å². The molecule has 1 saturated heterocycles. The highest BCUT2D eigenvalue weighted by molar-refractivity contribution is 9.09. The zero-order chi connectivity index (χ0) is 8.27. The monoisotopic (exact) mass is 219 g/mol. The first-order chi connectivity index (χ1) is 5.29. The second kappa shape index (κ2) is 4.10. The summed E-state index contributed by atoms with van der Waals surface area (Å²) < 4.78 is 0. The highest BCUT2D eigenvalue weighted by Crippen LogP contribution is 2.19. The Labute approximate surface area is 76.1 Å². The average Bonchev–Trinajstić information content (AvgIpc) is 2.50. The number of hydrogen-bond donors (Lipinski definition) is 0. The number of likely N-dealkylation sites (tertiary alicyclic amines) is 1. The summed E-state index contributed by atoms with van der Waals surface area (Å²) in [4.78, 5) is 13.3. The Balaban J connectivity index is 2.49. The van der Waals surface area contributed by atoms with Crippen molar-refractivity contribution >= 4 is 21.8 Å². The number of amides is 1. The minimum Gasteiger partial charge on any atom is -0.339 e. The number of nitrogens with zero attached hydrogens (tertiary/aromatic N) is 1. The largest absolute Gasteiger partial charge is 0.339 e. The van der Waals surface area contributed by atoms with E-state index < -0.39 is 0 Å². The number of alkyl halides is 1. The number of rotatable bonds is 2. The van der Waals surface area contributed by atoms with Crippen LogP contribution in [0.5, 0.6) is 0 Å². The zero-order valence-electron chi connectivity index (χ0n) is 6.85. The van der Waals surface area contributed by atoms with E-state index in [2.05, 4.69) is 22.9 Å². The van der Waals surface area contributed by atoms with Crippen molar-refractivity contribution < 1.29 is 4.79 Å². The van der Waals surface area contributed by atoms with Gasteiger partial charge in [-0.3, -0.25) is 4.79 Å². The van der Waals surface area contributed by atoms with Crippen LogP contribution in [0.2, 0.25) is 0 Å². The maximum absolute atomic E-state index is 11.3. The Hall–Kier alpha value is -0.0500. The molecule has 0 bridgehead atoms. The highest BCUT2D eigenvalue weighted by atomic mass is 79.9. The molecule has 1 aliphatic heterocycles. The zero-order valence-corrected chi connectivity index (χ0v) is 8.43. The topological polar surface area (TPSA) is 20.3 Å². The first-order valence-electron chi connectivity index (χ1n) is 4.15. The molecule has 1 heterocycles. The molecule has 0 aromatic carbocycles. The molecule has 64 valence electrons. The normalized spacial score (nSPS) is 24.2. The Morgan fingerprint density at radius 1 is 1.73 bits per heavy atom. The quantitative estimate of drug-likeness (QED) is 0.649. The van der Waals surface area contributed by atoms with Crippen molar-refractivity contribution in [3.05, 3.63) is 0 Å². The second-order valence-electron chi connectivity index (χ2n) is 2.93.